The van der Waals surface area contributed by atoms with Crippen LogP contribution >= 0.6 is 0 Å². The summed E-state index contributed by atoms with van der Waals surface area (Å²) in [6.45, 7) is 0.584. The lowest BCUT2D eigenvalue weighted by molar-refractivity contribution is 0.761. The van der Waals surface area contributed by atoms with Gasteiger partial charge in [0.15, 0.2) is 0 Å². The van der Waals surface area contributed by atoms with Crippen LogP contribution in [0.2, 0.25) is 0 Å². The van der Waals surface area contributed by atoms with Gasteiger partial charge in [0.05, 0.1) is 6.54 Å². The van der Waals surface area contributed by atoms with Crippen molar-refractivity contribution < 1.29 is 0 Å². The molecule has 0 radical (unpaired) electrons. The molecule has 3 aromatic carbocycles. The molecule has 116 valence electrons. The Balaban J connectivity index is 1.75. The second-order valence-corrected chi connectivity index (χ2v) is 5.93. The molecule has 0 amide bonds. The van der Waals surface area contributed by atoms with Crippen LogP contribution in [0.1, 0.15) is 5.56 Å². The first-order valence-corrected chi connectivity index (χ1v) is 8.03. The molecule has 0 aliphatic rings. The number of pyridine rings is 1. The lowest BCUT2D eigenvalue weighted by Gasteiger charge is -2.09. The summed E-state index contributed by atoms with van der Waals surface area (Å²) in [6, 6.07) is 28.3. The topological polar surface area (TPSA) is 22.0 Å². The van der Waals surface area contributed by atoms with Gasteiger partial charge in [-0.05, 0) is 39.6 Å². The highest BCUT2D eigenvalue weighted by molar-refractivity contribution is 5.87. The van der Waals surface area contributed by atoms with Gasteiger partial charge in [0.1, 0.15) is 0 Å². The van der Waals surface area contributed by atoms with Crippen LogP contribution in [0.25, 0.3) is 21.9 Å². The van der Waals surface area contributed by atoms with Crippen LogP contribution in [0.15, 0.2) is 95.9 Å². The van der Waals surface area contributed by atoms with Gasteiger partial charge in [-0.3, -0.25) is 4.79 Å². The first-order valence-electron chi connectivity index (χ1n) is 8.03. The number of benzene rings is 3. The van der Waals surface area contributed by atoms with Gasteiger partial charge in [0.2, 0.25) is 0 Å². The third-order valence-electron chi connectivity index (χ3n) is 4.26. The molecule has 4 aromatic rings. The minimum absolute atomic E-state index is 0.0170. The fraction of sp³-hybridized carbons (Fsp3) is 0.0455. The summed E-state index contributed by atoms with van der Waals surface area (Å²) in [5.41, 5.74) is 3.31. The molecule has 0 unspecified atom stereocenters. The van der Waals surface area contributed by atoms with E-state index in [1.165, 1.54) is 10.8 Å². The minimum Gasteiger partial charge on any atom is -0.310 e. The van der Waals surface area contributed by atoms with Gasteiger partial charge in [-0.1, -0.05) is 66.7 Å². The van der Waals surface area contributed by atoms with E-state index in [4.69, 9.17) is 0 Å². The van der Waals surface area contributed by atoms with Gasteiger partial charge in [-0.15, -0.1) is 0 Å². The van der Waals surface area contributed by atoms with Gasteiger partial charge in [-0.2, -0.15) is 0 Å². The Labute approximate surface area is 140 Å². The standard InChI is InChI=1S/C22H17NO/c24-22-13-12-21(16-23(22)15-17-6-2-1-3-7-17)20-11-10-18-8-4-5-9-19(18)14-20/h1-14,16H,15H2. The van der Waals surface area contributed by atoms with Crippen molar-refractivity contribution >= 4 is 10.8 Å². The first kappa shape index (κ1) is 14.5. The van der Waals surface area contributed by atoms with E-state index in [-0.39, 0.29) is 5.56 Å². The predicted octanol–water partition coefficient (Wildman–Crippen LogP) is 4.72. The first-order chi connectivity index (χ1) is 11.8. The largest absolute Gasteiger partial charge is 0.310 e. The molecule has 0 aliphatic carbocycles. The van der Waals surface area contributed by atoms with Crippen molar-refractivity contribution in [1.82, 2.24) is 4.57 Å². The van der Waals surface area contributed by atoms with Crippen LogP contribution in [-0.4, -0.2) is 4.57 Å². The van der Waals surface area contributed by atoms with Crippen molar-refractivity contribution in [2.45, 2.75) is 6.54 Å². The van der Waals surface area contributed by atoms with E-state index in [0.29, 0.717) is 6.54 Å². The normalized spacial score (nSPS) is 10.8. The van der Waals surface area contributed by atoms with E-state index >= 15 is 0 Å². The predicted molar refractivity (Wildman–Crippen MR) is 99.2 cm³/mol. The molecule has 4 rings (SSSR count). The Bertz CT molecular complexity index is 1050. The summed E-state index contributed by atoms with van der Waals surface area (Å²) in [4.78, 5) is 12.2. The summed E-state index contributed by atoms with van der Waals surface area (Å²) < 4.78 is 1.76. The monoisotopic (exact) mass is 311 g/mol. The maximum absolute atomic E-state index is 12.2. The van der Waals surface area contributed by atoms with Crippen molar-refractivity contribution in [2.75, 3.05) is 0 Å². The van der Waals surface area contributed by atoms with E-state index < -0.39 is 0 Å². The average molecular weight is 311 g/mol. The zero-order valence-corrected chi connectivity index (χ0v) is 13.2. The molecule has 0 aliphatic heterocycles. The Morgan fingerprint density at radius 3 is 2.21 bits per heavy atom. The molecule has 1 heterocycles. The maximum Gasteiger partial charge on any atom is 0.250 e. The van der Waals surface area contributed by atoms with Crippen molar-refractivity contribution in [3.05, 3.63) is 107 Å². The SMILES string of the molecule is O=c1ccc(-c2ccc3ccccc3c2)cn1Cc1ccccc1. The van der Waals surface area contributed by atoms with Crippen LogP contribution in [0.5, 0.6) is 0 Å². The van der Waals surface area contributed by atoms with E-state index in [2.05, 4.69) is 30.3 Å². The maximum atomic E-state index is 12.2. The molecule has 1 aromatic heterocycles. The molecular formula is C22H17NO. The number of nitrogens with zero attached hydrogens (tertiary/aromatic N) is 1. The number of hydrogen-bond acceptors (Lipinski definition) is 1. The molecule has 0 atom stereocenters. The van der Waals surface area contributed by atoms with E-state index in [1.807, 2.05) is 54.7 Å². The van der Waals surface area contributed by atoms with E-state index in [9.17, 15) is 4.79 Å². The molecule has 0 bridgehead atoms. The van der Waals surface area contributed by atoms with Crippen LogP contribution in [-0.2, 0) is 6.54 Å². The minimum atomic E-state index is 0.0170. The molecular weight excluding hydrogens is 294 g/mol. The summed E-state index contributed by atoms with van der Waals surface area (Å²) in [5.74, 6) is 0. The second-order valence-electron chi connectivity index (χ2n) is 5.93. The Morgan fingerprint density at radius 1 is 0.667 bits per heavy atom. The van der Waals surface area contributed by atoms with Gasteiger partial charge in [0, 0.05) is 12.3 Å². The zero-order chi connectivity index (χ0) is 16.4. The van der Waals surface area contributed by atoms with Crippen LogP contribution in [0.3, 0.4) is 0 Å². The highest BCUT2D eigenvalue weighted by Crippen LogP contribution is 2.23. The molecule has 24 heavy (non-hydrogen) atoms. The number of rotatable bonds is 3. The summed E-state index contributed by atoms with van der Waals surface area (Å²) in [6.07, 6.45) is 1.94. The highest BCUT2D eigenvalue weighted by atomic mass is 16.1. The summed E-state index contributed by atoms with van der Waals surface area (Å²) in [5, 5.41) is 2.43. The van der Waals surface area contributed by atoms with Gasteiger partial charge in [0.25, 0.3) is 5.56 Å². The number of aromatic nitrogens is 1. The van der Waals surface area contributed by atoms with Crippen molar-refractivity contribution in [3.63, 3.8) is 0 Å². The molecule has 0 saturated heterocycles. The quantitative estimate of drug-likeness (QED) is 0.537. The van der Waals surface area contributed by atoms with Crippen LogP contribution in [0.4, 0.5) is 0 Å². The molecule has 2 heteroatoms. The summed E-state index contributed by atoms with van der Waals surface area (Å²) in [7, 11) is 0. The van der Waals surface area contributed by atoms with Gasteiger partial charge < -0.3 is 4.57 Å². The van der Waals surface area contributed by atoms with Crippen LogP contribution in [0, 0.1) is 0 Å². The van der Waals surface area contributed by atoms with Crippen LogP contribution < -0.4 is 5.56 Å². The third-order valence-corrected chi connectivity index (χ3v) is 4.26. The second kappa shape index (κ2) is 6.17. The smallest absolute Gasteiger partial charge is 0.250 e. The lowest BCUT2D eigenvalue weighted by atomic mass is 10.0. The summed E-state index contributed by atoms with van der Waals surface area (Å²) >= 11 is 0. The highest BCUT2D eigenvalue weighted by Gasteiger charge is 2.04. The molecule has 2 nitrogen and oxygen atoms in total. The van der Waals surface area contributed by atoms with Gasteiger partial charge >= 0.3 is 0 Å². The Morgan fingerprint density at radius 2 is 1.38 bits per heavy atom. The van der Waals surface area contributed by atoms with E-state index in [1.54, 1.807) is 10.6 Å². The van der Waals surface area contributed by atoms with Crippen molar-refractivity contribution in [2.24, 2.45) is 0 Å². The molecule has 0 N–H and O–H groups in total. The van der Waals surface area contributed by atoms with Crippen molar-refractivity contribution in [3.8, 4) is 11.1 Å². The zero-order valence-electron chi connectivity index (χ0n) is 13.2. The van der Waals surface area contributed by atoms with E-state index in [0.717, 1.165) is 16.7 Å². The number of fused-ring (bicyclic) bond motifs is 1. The Kier molecular flexibility index (Phi) is 3.72. The third kappa shape index (κ3) is 2.86. The molecule has 0 saturated carbocycles. The fourth-order valence-electron chi connectivity index (χ4n) is 2.97. The average Bonchev–Trinajstić information content (AvgIpc) is 2.64. The lowest BCUT2D eigenvalue weighted by Crippen LogP contribution is -2.19. The Hall–Kier alpha value is -3.13. The molecule has 0 fully saturated rings. The molecule has 0 spiro atoms. The fourth-order valence-corrected chi connectivity index (χ4v) is 2.97. The van der Waals surface area contributed by atoms with Gasteiger partial charge in [-0.25, -0.2) is 0 Å². The number of hydrogen-bond donors (Lipinski definition) is 0. The van der Waals surface area contributed by atoms with Crippen molar-refractivity contribution in [1.29, 1.82) is 0 Å².